The number of aliphatic hydroxyl groups excluding tert-OH is 1. The van der Waals surface area contributed by atoms with Crippen molar-refractivity contribution in [1.29, 1.82) is 0 Å². The second-order valence-corrected chi connectivity index (χ2v) is 10.2. The Kier molecular flexibility index (Phi) is 8.21. The Bertz CT molecular complexity index is 1180. The van der Waals surface area contributed by atoms with E-state index in [0.717, 1.165) is 43.7 Å². The highest BCUT2D eigenvalue weighted by molar-refractivity contribution is 5.84. The van der Waals surface area contributed by atoms with Crippen molar-refractivity contribution >= 4 is 16.5 Å². The van der Waals surface area contributed by atoms with E-state index in [1.807, 2.05) is 18.2 Å². The molecule has 2 aromatic carbocycles. The van der Waals surface area contributed by atoms with Gasteiger partial charge in [0.2, 0.25) is 0 Å². The number of rotatable bonds is 10. The molecule has 0 saturated carbocycles. The summed E-state index contributed by atoms with van der Waals surface area (Å²) in [4.78, 5) is 17.7. The third kappa shape index (κ3) is 6.28. The number of nitrogens with one attached hydrogen (secondary N) is 1. The first kappa shape index (κ1) is 25.4. The van der Waals surface area contributed by atoms with E-state index in [1.54, 1.807) is 6.20 Å². The van der Waals surface area contributed by atoms with Gasteiger partial charge in [0, 0.05) is 55.9 Å². The van der Waals surface area contributed by atoms with Crippen molar-refractivity contribution in [1.82, 2.24) is 19.6 Å². The van der Waals surface area contributed by atoms with Gasteiger partial charge in [-0.1, -0.05) is 24.3 Å². The number of anilines is 1. The van der Waals surface area contributed by atoms with Gasteiger partial charge < -0.3 is 10.4 Å². The average Bonchev–Trinajstić information content (AvgIpc) is 2.83. The molecule has 0 aliphatic carbocycles. The van der Waals surface area contributed by atoms with Crippen LogP contribution in [-0.4, -0.2) is 69.1 Å². The van der Waals surface area contributed by atoms with E-state index in [0.29, 0.717) is 24.0 Å². The molecule has 3 aromatic rings. The van der Waals surface area contributed by atoms with Gasteiger partial charge in [-0.15, -0.1) is 0 Å². The topological polar surface area (TPSA) is 73.6 Å². The quantitative estimate of drug-likeness (QED) is 0.467. The maximum absolute atomic E-state index is 13.0. The molecule has 7 heteroatoms. The Morgan fingerprint density at radius 3 is 2.54 bits per heavy atom. The van der Waals surface area contributed by atoms with E-state index in [1.165, 1.54) is 15.8 Å². The highest BCUT2D eigenvalue weighted by Gasteiger charge is 2.19. The average molecular weight is 478 g/mol. The van der Waals surface area contributed by atoms with Gasteiger partial charge in [0.15, 0.2) is 0 Å². The first-order valence-corrected chi connectivity index (χ1v) is 12.8. The highest BCUT2D eigenvalue weighted by atomic mass is 16.3. The number of fused-ring (bicyclic) bond motifs is 2. The van der Waals surface area contributed by atoms with Crippen molar-refractivity contribution in [2.45, 2.75) is 65.4 Å². The van der Waals surface area contributed by atoms with Crippen LogP contribution in [0.3, 0.4) is 0 Å². The Morgan fingerprint density at radius 1 is 1.06 bits per heavy atom. The summed E-state index contributed by atoms with van der Waals surface area (Å²) in [6.07, 6.45) is 2.05. The maximum atomic E-state index is 13.0. The number of β-amino-alcohol motifs (C(OH)–C–C–N with tert-alkyl or cyclic N) is 1. The molecule has 2 heterocycles. The predicted molar refractivity (Wildman–Crippen MR) is 143 cm³/mol. The lowest BCUT2D eigenvalue weighted by Crippen LogP contribution is -2.40. The molecule has 0 amide bonds. The van der Waals surface area contributed by atoms with Gasteiger partial charge in [0.05, 0.1) is 24.2 Å². The lowest BCUT2D eigenvalue weighted by molar-refractivity contribution is 0.0878. The summed E-state index contributed by atoms with van der Waals surface area (Å²) >= 11 is 0. The Hall–Kier alpha value is -2.74. The van der Waals surface area contributed by atoms with Gasteiger partial charge in [-0.25, -0.2) is 4.68 Å². The SMILES string of the molecule is CC(C)N(CCNc1ccc2c(=O)n(C[C@H](O)CN3CCc4ccccc4C3)ncc2c1)C(C)C. The second kappa shape index (κ2) is 11.3. The van der Waals surface area contributed by atoms with Crippen LogP contribution in [0.5, 0.6) is 0 Å². The van der Waals surface area contributed by atoms with Crippen LogP contribution in [0.15, 0.2) is 53.5 Å². The van der Waals surface area contributed by atoms with E-state index in [9.17, 15) is 9.90 Å². The van der Waals surface area contributed by atoms with E-state index >= 15 is 0 Å². The van der Waals surface area contributed by atoms with Crippen molar-refractivity contribution in [3.8, 4) is 0 Å². The van der Waals surface area contributed by atoms with Gasteiger partial charge >= 0.3 is 0 Å². The molecule has 0 fully saturated rings. The summed E-state index contributed by atoms with van der Waals surface area (Å²) in [7, 11) is 0. The van der Waals surface area contributed by atoms with Crippen molar-refractivity contribution in [2.24, 2.45) is 0 Å². The van der Waals surface area contributed by atoms with Crippen LogP contribution >= 0.6 is 0 Å². The fourth-order valence-corrected chi connectivity index (χ4v) is 5.14. The molecule has 1 aromatic heterocycles. The largest absolute Gasteiger partial charge is 0.390 e. The number of nitrogens with zero attached hydrogens (tertiary/aromatic N) is 4. The molecule has 0 saturated heterocycles. The zero-order chi connectivity index (χ0) is 24.9. The Morgan fingerprint density at radius 2 is 1.80 bits per heavy atom. The molecular formula is C28H39N5O2. The van der Waals surface area contributed by atoms with Gasteiger partial charge in [-0.05, 0) is 63.4 Å². The molecule has 7 nitrogen and oxygen atoms in total. The molecule has 0 bridgehead atoms. The molecular weight excluding hydrogens is 438 g/mol. The Labute approximate surface area is 208 Å². The summed E-state index contributed by atoms with van der Waals surface area (Å²) < 4.78 is 1.39. The molecule has 35 heavy (non-hydrogen) atoms. The van der Waals surface area contributed by atoms with E-state index in [4.69, 9.17) is 0 Å². The number of hydrogen-bond acceptors (Lipinski definition) is 6. The van der Waals surface area contributed by atoms with Crippen LogP contribution in [0.25, 0.3) is 10.8 Å². The number of aliphatic hydroxyl groups is 1. The molecule has 1 atom stereocenters. The van der Waals surface area contributed by atoms with Crippen LogP contribution in [0.2, 0.25) is 0 Å². The maximum Gasteiger partial charge on any atom is 0.274 e. The van der Waals surface area contributed by atoms with Crippen LogP contribution in [0, 0.1) is 0 Å². The molecule has 0 spiro atoms. The first-order chi connectivity index (χ1) is 16.8. The lowest BCUT2D eigenvalue weighted by atomic mass is 10.00. The highest BCUT2D eigenvalue weighted by Crippen LogP contribution is 2.19. The standard InChI is InChI=1S/C28H39N5O2/c1-20(2)32(21(3)4)14-12-29-25-9-10-27-24(15-25)16-30-33(28(27)35)19-26(34)18-31-13-11-22-7-5-6-8-23(22)17-31/h5-10,15-16,20-21,26,29,34H,11-14,17-19H2,1-4H3/t26-/m1/s1. The minimum absolute atomic E-state index is 0.164. The lowest BCUT2D eigenvalue weighted by Gasteiger charge is -2.30. The molecule has 2 N–H and O–H groups in total. The summed E-state index contributed by atoms with van der Waals surface area (Å²) in [5.41, 5.74) is 3.52. The van der Waals surface area contributed by atoms with Gasteiger partial charge in [-0.3, -0.25) is 14.6 Å². The fourth-order valence-electron chi connectivity index (χ4n) is 5.14. The fraction of sp³-hybridized carbons (Fsp3) is 0.500. The van der Waals surface area contributed by atoms with E-state index in [-0.39, 0.29) is 12.1 Å². The summed E-state index contributed by atoms with van der Waals surface area (Å²) in [6, 6.07) is 15.2. The van der Waals surface area contributed by atoms with Crippen LogP contribution in [-0.2, 0) is 19.5 Å². The summed E-state index contributed by atoms with van der Waals surface area (Å²) in [5, 5.41) is 20.0. The second-order valence-electron chi connectivity index (χ2n) is 10.2. The van der Waals surface area contributed by atoms with Gasteiger partial charge in [-0.2, -0.15) is 5.10 Å². The minimum Gasteiger partial charge on any atom is -0.390 e. The van der Waals surface area contributed by atoms with Gasteiger partial charge in [0.25, 0.3) is 5.56 Å². The van der Waals surface area contributed by atoms with Crippen molar-refractivity contribution in [3.05, 3.63) is 70.1 Å². The Balaban J connectivity index is 1.36. The molecule has 188 valence electrons. The van der Waals surface area contributed by atoms with Gasteiger partial charge in [0.1, 0.15) is 0 Å². The van der Waals surface area contributed by atoms with E-state index < -0.39 is 6.10 Å². The van der Waals surface area contributed by atoms with Crippen LogP contribution in [0.1, 0.15) is 38.8 Å². The zero-order valence-electron chi connectivity index (χ0n) is 21.4. The number of hydrogen-bond donors (Lipinski definition) is 2. The molecule has 0 radical (unpaired) electrons. The zero-order valence-corrected chi connectivity index (χ0v) is 21.4. The minimum atomic E-state index is -0.659. The summed E-state index contributed by atoms with van der Waals surface area (Å²) in [5.74, 6) is 0. The third-order valence-electron chi connectivity index (χ3n) is 6.94. The van der Waals surface area contributed by atoms with Crippen LogP contribution in [0.4, 0.5) is 5.69 Å². The number of benzene rings is 2. The molecule has 0 unspecified atom stereocenters. The summed E-state index contributed by atoms with van der Waals surface area (Å²) in [6.45, 7) is 13.1. The molecule has 1 aliphatic heterocycles. The first-order valence-electron chi connectivity index (χ1n) is 12.8. The van der Waals surface area contributed by atoms with Crippen molar-refractivity contribution in [2.75, 3.05) is 31.5 Å². The normalized spacial score (nSPS) is 15.2. The predicted octanol–water partition coefficient (Wildman–Crippen LogP) is 3.35. The van der Waals surface area contributed by atoms with Crippen molar-refractivity contribution < 1.29 is 5.11 Å². The molecule has 4 rings (SSSR count). The third-order valence-corrected chi connectivity index (χ3v) is 6.94. The smallest absolute Gasteiger partial charge is 0.274 e. The molecule has 1 aliphatic rings. The number of aromatic nitrogens is 2. The monoisotopic (exact) mass is 477 g/mol. The van der Waals surface area contributed by atoms with Crippen LogP contribution < -0.4 is 10.9 Å². The van der Waals surface area contributed by atoms with E-state index in [2.05, 4.69) is 72.2 Å². The van der Waals surface area contributed by atoms with Crippen molar-refractivity contribution in [3.63, 3.8) is 0 Å².